The van der Waals surface area contributed by atoms with Gasteiger partial charge in [-0.3, -0.25) is 9.69 Å². The van der Waals surface area contributed by atoms with E-state index in [0.717, 1.165) is 18.0 Å². The van der Waals surface area contributed by atoms with Crippen molar-refractivity contribution in [3.05, 3.63) is 35.1 Å². The fourth-order valence-corrected chi connectivity index (χ4v) is 3.71. The number of thiocarbonyl (C=S) groups is 1. The SMILES string of the molecule is CCN1C(=O)/C(=C2\Oc3ccccc3N2CC)SC1=S. The van der Waals surface area contributed by atoms with Crippen molar-refractivity contribution >= 4 is 39.9 Å². The summed E-state index contributed by atoms with van der Waals surface area (Å²) in [5.41, 5.74) is 0.992. The van der Waals surface area contributed by atoms with E-state index in [1.165, 1.54) is 11.8 Å². The molecule has 0 bridgehead atoms. The lowest BCUT2D eigenvalue weighted by Crippen LogP contribution is -2.29. The summed E-state index contributed by atoms with van der Waals surface area (Å²) in [4.78, 5) is 16.6. The predicted molar refractivity (Wildman–Crippen MR) is 84.7 cm³/mol. The molecule has 104 valence electrons. The second kappa shape index (κ2) is 5.10. The van der Waals surface area contributed by atoms with Crippen LogP contribution in [0.1, 0.15) is 13.8 Å². The van der Waals surface area contributed by atoms with Crippen LogP contribution in [0.15, 0.2) is 35.1 Å². The van der Waals surface area contributed by atoms with Crippen molar-refractivity contribution in [1.29, 1.82) is 0 Å². The first-order chi connectivity index (χ1) is 9.67. The molecule has 2 aliphatic rings. The number of carbonyl (C=O) groups excluding carboxylic acids is 1. The molecule has 3 rings (SSSR count). The van der Waals surface area contributed by atoms with Crippen LogP contribution >= 0.6 is 24.0 Å². The lowest BCUT2D eigenvalue weighted by molar-refractivity contribution is -0.122. The average Bonchev–Trinajstić information content (AvgIpc) is 2.95. The quantitative estimate of drug-likeness (QED) is 0.620. The zero-order chi connectivity index (χ0) is 14.3. The van der Waals surface area contributed by atoms with E-state index in [4.69, 9.17) is 17.0 Å². The first-order valence-corrected chi connectivity index (χ1v) is 7.72. The fourth-order valence-electron chi connectivity index (χ4n) is 2.32. The Hall–Kier alpha value is -1.53. The highest BCUT2D eigenvalue weighted by Gasteiger charge is 2.38. The topological polar surface area (TPSA) is 32.8 Å². The molecular formula is C14H14N2O2S2. The first kappa shape index (κ1) is 13.5. The number of ether oxygens (including phenoxy) is 1. The Labute approximate surface area is 127 Å². The van der Waals surface area contributed by atoms with Gasteiger partial charge < -0.3 is 9.64 Å². The minimum Gasteiger partial charge on any atom is -0.437 e. The molecule has 6 heteroatoms. The number of amides is 1. The molecule has 1 amide bonds. The summed E-state index contributed by atoms with van der Waals surface area (Å²) in [5, 5.41) is 0. The summed E-state index contributed by atoms with van der Waals surface area (Å²) >= 11 is 6.56. The van der Waals surface area contributed by atoms with Gasteiger partial charge in [0, 0.05) is 13.1 Å². The molecule has 0 radical (unpaired) electrons. The summed E-state index contributed by atoms with van der Waals surface area (Å²) in [6.45, 7) is 5.27. The largest absolute Gasteiger partial charge is 0.437 e. The van der Waals surface area contributed by atoms with Gasteiger partial charge in [-0.1, -0.05) is 24.4 Å². The third kappa shape index (κ3) is 1.91. The Balaban J connectivity index is 2.06. The monoisotopic (exact) mass is 306 g/mol. The van der Waals surface area contributed by atoms with Crippen LogP contribution in [0.4, 0.5) is 5.69 Å². The summed E-state index contributed by atoms with van der Waals surface area (Å²) in [6.07, 6.45) is 0. The van der Waals surface area contributed by atoms with Crippen molar-refractivity contribution in [2.45, 2.75) is 13.8 Å². The second-order valence-electron chi connectivity index (χ2n) is 4.37. The molecule has 2 heterocycles. The molecule has 1 aromatic rings. The van der Waals surface area contributed by atoms with Crippen molar-refractivity contribution in [3.8, 4) is 5.75 Å². The Morgan fingerprint density at radius 1 is 1.20 bits per heavy atom. The molecule has 0 spiro atoms. The molecule has 0 N–H and O–H groups in total. The van der Waals surface area contributed by atoms with Gasteiger partial charge in [-0.25, -0.2) is 0 Å². The molecule has 0 unspecified atom stereocenters. The molecule has 2 aliphatic heterocycles. The molecular weight excluding hydrogens is 292 g/mol. The highest BCUT2D eigenvalue weighted by molar-refractivity contribution is 8.26. The average molecular weight is 306 g/mol. The summed E-state index contributed by atoms with van der Waals surface area (Å²) < 4.78 is 6.48. The number of hydrogen-bond acceptors (Lipinski definition) is 5. The maximum Gasteiger partial charge on any atom is 0.271 e. The molecule has 0 aliphatic carbocycles. The molecule has 1 aromatic carbocycles. The van der Waals surface area contributed by atoms with Gasteiger partial charge in [0.05, 0.1) is 5.69 Å². The number of carbonyl (C=O) groups is 1. The minimum atomic E-state index is -0.0660. The molecule has 4 nitrogen and oxygen atoms in total. The number of fused-ring (bicyclic) bond motifs is 1. The summed E-state index contributed by atoms with van der Waals surface area (Å²) in [6, 6.07) is 7.79. The lowest BCUT2D eigenvalue weighted by Gasteiger charge is -2.16. The van der Waals surface area contributed by atoms with Gasteiger partial charge in [-0.2, -0.15) is 0 Å². The maximum atomic E-state index is 12.4. The van der Waals surface area contributed by atoms with E-state index in [0.29, 0.717) is 21.7 Å². The molecule has 0 saturated carbocycles. The van der Waals surface area contributed by atoms with Gasteiger partial charge in [0.25, 0.3) is 5.91 Å². The highest BCUT2D eigenvalue weighted by atomic mass is 32.2. The van der Waals surface area contributed by atoms with Crippen LogP contribution in [0.25, 0.3) is 0 Å². The Kier molecular flexibility index (Phi) is 3.43. The van der Waals surface area contributed by atoms with E-state index in [2.05, 4.69) is 0 Å². The van der Waals surface area contributed by atoms with Crippen molar-refractivity contribution in [3.63, 3.8) is 0 Å². The molecule has 0 aromatic heterocycles. The molecule has 1 fully saturated rings. The van der Waals surface area contributed by atoms with Crippen molar-refractivity contribution in [2.24, 2.45) is 0 Å². The first-order valence-electron chi connectivity index (χ1n) is 6.49. The Bertz CT molecular complexity index is 627. The van der Waals surface area contributed by atoms with E-state index >= 15 is 0 Å². The standard InChI is InChI=1S/C14H14N2O2S2/c1-3-15-9-7-5-6-8-10(9)18-13(15)11-12(17)16(4-2)14(19)20-11/h5-8H,3-4H2,1-2H3/b13-11+. The van der Waals surface area contributed by atoms with Gasteiger partial charge >= 0.3 is 0 Å². The van der Waals surface area contributed by atoms with Crippen LogP contribution in [0.2, 0.25) is 0 Å². The van der Waals surface area contributed by atoms with E-state index < -0.39 is 0 Å². The van der Waals surface area contributed by atoms with Crippen LogP contribution in [0.5, 0.6) is 5.75 Å². The van der Waals surface area contributed by atoms with Gasteiger partial charge in [0.1, 0.15) is 9.23 Å². The van der Waals surface area contributed by atoms with Crippen molar-refractivity contribution in [1.82, 2.24) is 4.90 Å². The Morgan fingerprint density at radius 2 is 1.90 bits per heavy atom. The zero-order valence-corrected chi connectivity index (χ0v) is 12.9. The van der Waals surface area contributed by atoms with E-state index in [9.17, 15) is 4.79 Å². The van der Waals surface area contributed by atoms with Crippen LogP contribution in [0.3, 0.4) is 0 Å². The third-order valence-electron chi connectivity index (χ3n) is 3.28. The molecule has 0 atom stereocenters. The van der Waals surface area contributed by atoms with Gasteiger partial charge in [-0.15, -0.1) is 0 Å². The van der Waals surface area contributed by atoms with Crippen LogP contribution < -0.4 is 9.64 Å². The normalized spacial score (nSPS) is 21.5. The molecule has 1 saturated heterocycles. The van der Waals surface area contributed by atoms with Gasteiger partial charge in [-0.05, 0) is 37.7 Å². The number of likely N-dealkylation sites (N-methyl/N-ethyl adjacent to an activating group) is 1. The highest BCUT2D eigenvalue weighted by Crippen LogP contribution is 2.43. The fraction of sp³-hybridized carbons (Fsp3) is 0.286. The number of thioether (sulfide) groups is 1. The number of benzene rings is 1. The Morgan fingerprint density at radius 3 is 2.55 bits per heavy atom. The van der Waals surface area contributed by atoms with Crippen LogP contribution in [-0.2, 0) is 4.79 Å². The maximum absolute atomic E-state index is 12.4. The van der Waals surface area contributed by atoms with Crippen molar-refractivity contribution in [2.75, 3.05) is 18.0 Å². The van der Waals surface area contributed by atoms with E-state index in [1.807, 2.05) is 43.0 Å². The minimum absolute atomic E-state index is 0.0660. The third-order valence-corrected chi connectivity index (χ3v) is 4.70. The smallest absolute Gasteiger partial charge is 0.271 e. The lowest BCUT2D eigenvalue weighted by atomic mass is 10.3. The van der Waals surface area contributed by atoms with E-state index in [1.54, 1.807) is 4.90 Å². The van der Waals surface area contributed by atoms with Crippen LogP contribution in [0, 0.1) is 0 Å². The van der Waals surface area contributed by atoms with E-state index in [-0.39, 0.29) is 5.91 Å². The second-order valence-corrected chi connectivity index (χ2v) is 6.01. The van der Waals surface area contributed by atoms with Crippen molar-refractivity contribution < 1.29 is 9.53 Å². The predicted octanol–water partition coefficient (Wildman–Crippen LogP) is 2.95. The summed E-state index contributed by atoms with van der Waals surface area (Å²) in [5.74, 6) is 1.32. The zero-order valence-electron chi connectivity index (χ0n) is 11.3. The number of nitrogens with zero attached hydrogens (tertiary/aromatic N) is 2. The van der Waals surface area contributed by atoms with Crippen LogP contribution in [-0.4, -0.2) is 28.2 Å². The number of hydrogen-bond donors (Lipinski definition) is 0. The number of para-hydroxylation sites is 2. The van der Waals surface area contributed by atoms with Gasteiger partial charge in [0.15, 0.2) is 5.75 Å². The number of anilines is 1. The number of rotatable bonds is 2. The van der Waals surface area contributed by atoms with Gasteiger partial charge in [0.2, 0.25) is 5.88 Å². The summed E-state index contributed by atoms with van der Waals surface area (Å²) in [7, 11) is 0. The molecule has 20 heavy (non-hydrogen) atoms.